The number of aliphatic hydroxyl groups is 1. The fourth-order valence-corrected chi connectivity index (χ4v) is 2.70. The van der Waals surface area contributed by atoms with Gasteiger partial charge in [0.2, 0.25) is 0 Å². The molecule has 0 aliphatic rings. The number of benzene rings is 2. The molecule has 0 fully saturated rings. The predicted molar refractivity (Wildman–Crippen MR) is 88.6 cm³/mol. The van der Waals surface area contributed by atoms with Crippen molar-refractivity contribution in [2.24, 2.45) is 0 Å². The van der Waals surface area contributed by atoms with Crippen LogP contribution < -0.4 is 0 Å². The summed E-state index contributed by atoms with van der Waals surface area (Å²) in [5, 5.41) is 10.3. The fraction of sp³-hybridized carbons (Fsp3) is 0.188. The lowest BCUT2D eigenvalue weighted by molar-refractivity contribution is 0.155. The van der Waals surface area contributed by atoms with Gasteiger partial charge in [0, 0.05) is 9.99 Å². The molecule has 2 aromatic carbocycles. The highest BCUT2D eigenvalue weighted by atomic mass is 127. The first kappa shape index (κ1) is 13.6. The normalized spacial score (nSPS) is 12.7. The summed E-state index contributed by atoms with van der Waals surface area (Å²) in [6, 6.07) is 16.2. The van der Waals surface area contributed by atoms with Gasteiger partial charge in [-0.15, -0.1) is 0 Å². The molecule has 0 aliphatic carbocycles. The average Bonchev–Trinajstić information content (AvgIpc) is 2.85. The van der Waals surface area contributed by atoms with Crippen LogP contribution in [0, 0.1) is 3.57 Å². The van der Waals surface area contributed by atoms with Crippen LogP contribution in [0.4, 0.5) is 0 Å². The molecule has 1 heterocycles. The van der Waals surface area contributed by atoms with Gasteiger partial charge in [0.15, 0.2) is 0 Å². The van der Waals surface area contributed by atoms with E-state index in [0.717, 1.165) is 16.6 Å². The molecule has 20 heavy (non-hydrogen) atoms. The smallest absolute Gasteiger partial charge is 0.0959 e. The van der Waals surface area contributed by atoms with Crippen molar-refractivity contribution in [2.45, 2.75) is 19.1 Å². The van der Waals surface area contributed by atoms with Crippen LogP contribution in [0.25, 0.3) is 11.0 Å². The third kappa shape index (κ3) is 3.02. The summed E-state index contributed by atoms with van der Waals surface area (Å²) >= 11 is 2.28. The number of rotatable bonds is 4. The Bertz CT molecular complexity index is 706. The van der Waals surface area contributed by atoms with Gasteiger partial charge in [-0.3, -0.25) is 0 Å². The molecule has 0 amide bonds. The third-order valence-electron chi connectivity index (χ3n) is 3.32. The number of hydrogen-bond donors (Lipinski definition) is 1. The van der Waals surface area contributed by atoms with Crippen molar-refractivity contribution >= 4 is 33.6 Å². The lowest BCUT2D eigenvalue weighted by Crippen LogP contribution is -2.18. The Kier molecular flexibility index (Phi) is 4.03. The highest BCUT2D eigenvalue weighted by molar-refractivity contribution is 14.1. The zero-order valence-corrected chi connectivity index (χ0v) is 13.1. The van der Waals surface area contributed by atoms with Crippen molar-refractivity contribution in [3.05, 3.63) is 64.0 Å². The van der Waals surface area contributed by atoms with Gasteiger partial charge in [-0.05, 0) is 52.4 Å². The fourth-order valence-electron chi connectivity index (χ4n) is 2.34. The van der Waals surface area contributed by atoms with Gasteiger partial charge in [0.25, 0.3) is 0 Å². The summed E-state index contributed by atoms with van der Waals surface area (Å²) in [6.45, 7) is 0.562. The maximum Gasteiger partial charge on any atom is 0.0959 e. The van der Waals surface area contributed by atoms with Crippen LogP contribution in [0.5, 0.6) is 0 Å². The van der Waals surface area contributed by atoms with Crippen LogP contribution in [0.1, 0.15) is 5.56 Å². The lowest BCUT2D eigenvalue weighted by Gasteiger charge is -2.12. The maximum atomic E-state index is 10.3. The molecule has 0 spiro atoms. The summed E-state index contributed by atoms with van der Waals surface area (Å²) in [7, 11) is 0. The summed E-state index contributed by atoms with van der Waals surface area (Å²) in [5.41, 5.74) is 3.19. The first-order valence-electron chi connectivity index (χ1n) is 6.55. The Hall–Kier alpha value is -1.40. The van der Waals surface area contributed by atoms with Gasteiger partial charge in [-0.25, -0.2) is 4.98 Å². The van der Waals surface area contributed by atoms with Crippen molar-refractivity contribution in [2.75, 3.05) is 0 Å². The molecule has 0 saturated heterocycles. The molecule has 4 heteroatoms. The monoisotopic (exact) mass is 378 g/mol. The van der Waals surface area contributed by atoms with Crippen LogP contribution in [-0.2, 0) is 13.0 Å². The minimum atomic E-state index is -0.410. The van der Waals surface area contributed by atoms with Crippen molar-refractivity contribution in [3.63, 3.8) is 0 Å². The van der Waals surface area contributed by atoms with Gasteiger partial charge in [0.05, 0.1) is 30.0 Å². The van der Waals surface area contributed by atoms with Gasteiger partial charge >= 0.3 is 0 Å². The van der Waals surface area contributed by atoms with Crippen molar-refractivity contribution in [1.29, 1.82) is 0 Å². The van der Waals surface area contributed by atoms with Crippen LogP contribution >= 0.6 is 22.6 Å². The number of fused-ring (bicyclic) bond motifs is 1. The molecule has 0 saturated carbocycles. The molecule has 0 aliphatic heterocycles. The Balaban J connectivity index is 1.72. The van der Waals surface area contributed by atoms with Crippen molar-refractivity contribution in [3.8, 4) is 0 Å². The average molecular weight is 378 g/mol. The summed E-state index contributed by atoms with van der Waals surface area (Å²) in [6.07, 6.45) is 2.04. The van der Waals surface area contributed by atoms with E-state index >= 15 is 0 Å². The van der Waals surface area contributed by atoms with Gasteiger partial charge < -0.3 is 9.67 Å². The standard InChI is InChI=1S/C16H15IN2O/c17-13-7-5-12(6-8-13)9-14(20)10-19-11-18-15-3-1-2-4-16(15)19/h1-8,11,14,20H,9-10H2. The molecule has 102 valence electrons. The second kappa shape index (κ2) is 5.93. The second-order valence-corrected chi connectivity index (χ2v) is 6.12. The molecule has 1 aromatic heterocycles. The zero-order chi connectivity index (χ0) is 13.9. The number of aliphatic hydroxyl groups excluding tert-OH is 1. The van der Waals surface area contributed by atoms with Crippen molar-refractivity contribution in [1.82, 2.24) is 9.55 Å². The highest BCUT2D eigenvalue weighted by Gasteiger charge is 2.09. The van der Waals surface area contributed by atoms with Gasteiger partial charge in [-0.1, -0.05) is 24.3 Å². The lowest BCUT2D eigenvalue weighted by atomic mass is 10.1. The largest absolute Gasteiger partial charge is 0.391 e. The van der Waals surface area contributed by atoms with Crippen LogP contribution in [0.15, 0.2) is 54.9 Å². The van der Waals surface area contributed by atoms with E-state index in [1.165, 1.54) is 3.57 Å². The second-order valence-electron chi connectivity index (χ2n) is 4.87. The molecule has 3 nitrogen and oxygen atoms in total. The SMILES string of the molecule is OC(Cc1ccc(I)cc1)Cn1cnc2ccccc21. The number of para-hydroxylation sites is 2. The number of nitrogens with zero attached hydrogens (tertiary/aromatic N) is 2. The molecular weight excluding hydrogens is 363 g/mol. The van der Waals surface area contributed by atoms with E-state index in [4.69, 9.17) is 0 Å². The molecule has 0 radical (unpaired) electrons. The number of hydrogen-bond acceptors (Lipinski definition) is 2. The quantitative estimate of drug-likeness (QED) is 0.708. The van der Waals surface area contributed by atoms with Crippen LogP contribution in [-0.4, -0.2) is 20.8 Å². The first-order chi connectivity index (χ1) is 9.72. The number of aromatic nitrogens is 2. The topological polar surface area (TPSA) is 38.0 Å². The van der Waals surface area contributed by atoms with E-state index in [1.807, 2.05) is 28.8 Å². The van der Waals surface area contributed by atoms with E-state index in [2.05, 4.69) is 51.8 Å². The summed E-state index contributed by atoms with van der Waals surface area (Å²) in [5.74, 6) is 0. The Labute approximate surface area is 131 Å². The number of imidazole rings is 1. The molecule has 1 unspecified atom stereocenters. The Morgan fingerprint density at radius 1 is 1.10 bits per heavy atom. The van der Waals surface area contributed by atoms with E-state index in [0.29, 0.717) is 13.0 Å². The summed E-state index contributed by atoms with van der Waals surface area (Å²) in [4.78, 5) is 4.34. The first-order valence-corrected chi connectivity index (χ1v) is 7.62. The maximum absolute atomic E-state index is 10.3. The zero-order valence-electron chi connectivity index (χ0n) is 10.9. The minimum absolute atomic E-state index is 0.410. The molecule has 0 bridgehead atoms. The summed E-state index contributed by atoms with van der Waals surface area (Å²) < 4.78 is 3.22. The van der Waals surface area contributed by atoms with E-state index in [-0.39, 0.29) is 0 Å². The van der Waals surface area contributed by atoms with E-state index < -0.39 is 6.10 Å². The Morgan fingerprint density at radius 2 is 1.85 bits per heavy atom. The molecule has 1 atom stereocenters. The predicted octanol–water partition coefficient (Wildman–Crippen LogP) is 3.24. The third-order valence-corrected chi connectivity index (χ3v) is 4.04. The molecule has 3 aromatic rings. The molecule has 3 rings (SSSR count). The van der Waals surface area contributed by atoms with Gasteiger partial charge in [-0.2, -0.15) is 0 Å². The molecular formula is C16H15IN2O. The number of halogens is 1. The van der Waals surface area contributed by atoms with E-state index in [1.54, 1.807) is 6.33 Å². The minimum Gasteiger partial charge on any atom is -0.391 e. The van der Waals surface area contributed by atoms with Crippen LogP contribution in [0.2, 0.25) is 0 Å². The highest BCUT2D eigenvalue weighted by Crippen LogP contribution is 2.14. The van der Waals surface area contributed by atoms with Crippen molar-refractivity contribution < 1.29 is 5.11 Å². The molecule has 1 N–H and O–H groups in total. The van der Waals surface area contributed by atoms with Gasteiger partial charge in [0.1, 0.15) is 0 Å². The van der Waals surface area contributed by atoms with Crippen LogP contribution in [0.3, 0.4) is 0 Å². The van der Waals surface area contributed by atoms with E-state index in [9.17, 15) is 5.11 Å². The Morgan fingerprint density at radius 3 is 2.65 bits per heavy atom.